The number of carbonyl (C=O) groups is 1. The van der Waals surface area contributed by atoms with Crippen LogP contribution in [0.1, 0.15) is 56.1 Å². The van der Waals surface area contributed by atoms with Gasteiger partial charge in [-0.3, -0.25) is 14.6 Å². The molecular formula is C25H39N3O2. The van der Waals surface area contributed by atoms with Crippen molar-refractivity contribution in [2.24, 2.45) is 0 Å². The van der Waals surface area contributed by atoms with Crippen LogP contribution in [-0.4, -0.2) is 78.6 Å². The number of piperazine rings is 1. The molecule has 1 aromatic rings. The minimum absolute atomic E-state index is 0.303. The molecule has 0 spiro atoms. The first-order chi connectivity index (χ1) is 14.7. The molecule has 30 heavy (non-hydrogen) atoms. The lowest BCUT2D eigenvalue weighted by Gasteiger charge is -2.38. The van der Waals surface area contributed by atoms with E-state index in [9.17, 15) is 4.79 Å². The number of hydrogen-bond acceptors (Lipinski definition) is 4. The Kier molecular flexibility index (Phi) is 7.80. The molecule has 4 rings (SSSR count). The molecule has 0 radical (unpaired) electrons. The number of aryl methyl sites for hydroxylation is 1. The molecule has 2 saturated heterocycles. The molecule has 1 aromatic carbocycles. The van der Waals surface area contributed by atoms with Gasteiger partial charge < -0.3 is 9.64 Å². The zero-order valence-corrected chi connectivity index (χ0v) is 18.7. The number of piperidine rings is 1. The maximum absolute atomic E-state index is 12.8. The third-order valence-electron chi connectivity index (χ3n) is 7.21. The van der Waals surface area contributed by atoms with Gasteiger partial charge in [0, 0.05) is 45.8 Å². The summed E-state index contributed by atoms with van der Waals surface area (Å²) in [7, 11) is 0. The molecule has 3 aliphatic rings. The smallest absolute Gasteiger partial charge is 0.236 e. The summed E-state index contributed by atoms with van der Waals surface area (Å²) in [5.74, 6) is 0.303. The summed E-state index contributed by atoms with van der Waals surface area (Å²) in [6.45, 7) is 9.38. The van der Waals surface area contributed by atoms with Gasteiger partial charge in [0.2, 0.25) is 5.91 Å². The highest BCUT2D eigenvalue weighted by molar-refractivity contribution is 5.78. The Morgan fingerprint density at radius 2 is 1.53 bits per heavy atom. The number of ether oxygens (including phenoxy) is 1. The molecule has 1 amide bonds. The molecule has 5 heteroatoms. The molecule has 0 bridgehead atoms. The second-order valence-electron chi connectivity index (χ2n) is 9.46. The standard InChI is InChI=1S/C25H39N3O2/c1-21-7-5-6-8-22(21)19-27-15-17-28(18-16-27)25(29)20-26-13-11-24(12-14-26)30-23-9-3-2-4-10-23/h5-8,23-24H,2-4,9-20H2,1H3. The van der Waals surface area contributed by atoms with Crippen LogP contribution in [0.3, 0.4) is 0 Å². The van der Waals surface area contributed by atoms with Crippen LogP contribution in [0.15, 0.2) is 24.3 Å². The normalized spacial score (nSPS) is 23.0. The second kappa shape index (κ2) is 10.7. The van der Waals surface area contributed by atoms with Crippen LogP contribution in [0.4, 0.5) is 0 Å². The van der Waals surface area contributed by atoms with E-state index >= 15 is 0 Å². The topological polar surface area (TPSA) is 36.0 Å². The fourth-order valence-corrected chi connectivity index (χ4v) is 5.15. The Hall–Kier alpha value is -1.43. The van der Waals surface area contributed by atoms with Crippen molar-refractivity contribution in [2.45, 2.75) is 70.6 Å². The van der Waals surface area contributed by atoms with Crippen LogP contribution in [-0.2, 0) is 16.1 Å². The monoisotopic (exact) mass is 413 g/mol. The summed E-state index contributed by atoms with van der Waals surface area (Å²) in [5.41, 5.74) is 2.75. The van der Waals surface area contributed by atoms with Crippen molar-refractivity contribution < 1.29 is 9.53 Å². The lowest BCUT2D eigenvalue weighted by molar-refractivity contribution is -0.135. The van der Waals surface area contributed by atoms with E-state index in [1.54, 1.807) is 0 Å². The first-order valence-electron chi connectivity index (χ1n) is 12.1. The van der Waals surface area contributed by atoms with Crippen LogP contribution in [0.2, 0.25) is 0 Å². The van der Waals surface area contributed by atoms with Crippen molar-refractivity contribution >= 4 is 5.91 Å². The molecule has 5 nitrogen and oxygen atoms in total. The first-order valence-corrected chi connectivity index (χ1v) is 12.1. The molecule has 0 aromatic heterocycles. The van der Waals surface area contributed by atoms with Gasteiger partial charge in [-0.25, -0.2) is 0 Å². The summed E-state index contributed by atoms with van der Waals surface area (Å²) >= 11 is 0. The molecule has 0 unspecified atom stereocenters. The van der Waals surface area contributed by atoms with Crippen LogP contribution < -0.4 is 0 Å². The number of nitrogens with zero attached hydrogens (tertiary/aromatic N) is 3. The fourth-order valence-electron chi connectivity index (χ4n) is 5.15. The Bertz CT molecular complexity index is 673. The molecule has 3 fully saturated rings. The summed E-state index contributed by atoms with van der Waals surface area (Å²) in [6.07, 6.45) is 9.58. The highest BCUT2D eigenvalue weighted by atomic mass is 16.5. The average Bonchev–Trinajstić information content (AvgIpc) is 2.78. The first kappa shape index (κ1) is 21.8. The Labute approximate surface area is 182 Å². The van der Waals surface area contributed by atoms with Crippen LogP contribution >= 0.6 is 0 Å². The Balaban J connectivity index is 1.14. The molecule has 0 N–H and O–H groups in total. The van der Waals surface area contributed by atoms with E-state index < -0.39 is 0 Å². The Morgan fingerprint density at radius 3 is 2.23 bits per heavy atom. The molecular weight excluding hydrogens is 374 g/mol. The molecule has 166 valence electrons. The van der Waals surface area contributed by atoms with Gasteiger partial charge in [-0.2, -0.15) is 0 Å². The fraction of sp³-hybridized carbons (Fsp3) is 0.720. The average molecular weight is 414 g/mol. The van der Waals surface area contributed by atoms with Crippen molar-refractivity contribution in [2.75, 3.05) is 45.8 Å². The van der Waals surface area contributed by atoms with Crippen molar-refractivity contribution in [1.29, 1.82) is 0 Å². The maximum Gasteiger partial charge on any atom is 0.236 e. The van der Waals surface area contributed by atoms with Crippen LogP contribution in [0.25, 0.3) is 0 Å². The van der Waals surface area contributed by atoms with E-state index in [-0.39, 0.29) is 0 Å². The minimum Gasteiger partial charge on any atom is -0.375 e. The molecule has 0 atom stereocenters. The predicted molar refractivity (Wildman–Crippen MR) is 120 cm³/mol. The maximum atomic E-state index is 12.8. The summed E-state index contributed by atoms with van der Waals surface area (Å²) in [6, 6.07) is 8.61. The van der Waals surface area contributed by atoms with Crippen molar-refractivity contribution in [3.63, 3.8) is 0 Å². The van der Waals surface area contributed by atoms with Crippen LogP contribution in [0, 0.1) is 6.92 Å². The van der Waals surface area contributed by atoms with E-state index in [0.29, 0.717) is 24.7 Å². The minimum atomic E-state index is 0.303. The molecule has 2 heterocycles. The highest BCUT2D eigenvalue weighted by Gasteiger charge is 2.27. The summed E-state index contributed by atoms with van der Waals surface area (Å²) < 4.78 is 6.34. The zero-order valence-electron chi connectivity index (χ0n) is 18.7. The number of benzene rings is 1. The van der Waals surface area contributed by atoms with E-state index in [1.807, 2.05) is 0 Å². The van der Waals surface area contributed by atoms with E-state index in [0.717, 1.165) is 58.7 Å². The number of rotatable bonds is 6. The van der Waals surface area contributed by atoms with E-state index in [1.165, 1.54) is 43.2 Å². The number of hydrogen-bond donors (Lipinski definition) is 0. The lowest BCUT2D eigenvalue weighted by atomic mass is 9.97. The summed E-state index contributed by atoms with van der Waals surface area (Å²) in [4.78, 5) is 19.7. The number of carbonyl (C=O) groups excluding carboxylic acids is 1. The number of amides is 1. The second-order valence-corrected chi connectivity index (χ2v) is 9.46. The van der Waals surface area contributed by atoms with Gasteiger partial charge in [0.15, 0.2) is 0 Å². The van der Waals surface area contributed by atoms with Crippen molar-refractivity contribution in [1.82, 2.24) is 14.7 Å². The molecule has 1 aliphatic carbocycles. The van der Waals surface area contributed by atoms with E-state index in [2.05, 4.69) is 45.9 Å². The van der Waals surface area contributed by atoms with Gasteiger partial charge >= 0.3 is 0 Å². The SMILES string of the molecule is Cc1ccccc1CN1CCN(C(=O)CN2CCC(OC3CCCCC3)CC2)CC1. The largest absolute Gasteiger partial charge is 0.375 e. The van der Waals surface area contributed by atoms with Gasteiger partial charge in [0.05, 0.1) is 18.8 Å². The van der Waals surface area contributed by atoms with Crippen molar-refractivity contribution in [3.8, 4) is 0 Å². The lowest BCUT2D eigenvalue weighted by Crippen LogP contribution is -2.51. The van der Waals surface area contributed by atoms with Gasteiger partial charge in [0.1, 0.15) is 0 Å². The van der Waals surface area contributed by atoms with Gasteiger partial charge in [0.25, 0.3) is 0 Å². The van der Waals surface area contributed by atoms with Gasteiger partial charge in [-0.1, -0.05) is 43.5 Å². The zero-order chi connectivity index (χ0) is 20.8. The van der Waals surface area contributed by atoms with Gasteiger partial charge in [-0.15, -0.1) is 0 Å². The summed E-state index contributed by atoms with van der Waals surface area (Å²) in [5, 5.41) is 0. The number of likely N-dealkylation sites (tertiary alicyclic amines) is 1. The third-order valence-corrected chi connectivity index (χ3v) is 7.21. The van der Waals surface area contributed by atoms with Gasteiger partial charge in [-0.05, 0) is 43.7 Å². The molecule has 1 saturated carbocycles. The molecule has 2 aliphatic heterocycles. The highest BCUT2D eigenvalue weighted by Crippen LogP contribution is 2.24. The third kappa shape index (κ3) is 6.05. The predicted octanol–water partition coefficient (Wildman–Crippen LogP) is 3.45. The van der Waals surface area contributed by atoms with Crippen molar-refractivity contribution in [3.05, 3.63) is 35.4 Å². The van der Waals surface area contributed by atoms with E-state index in [4.69, 9.17) is 4.74 Å². The van der Waals surface area contributed by atoms with Crippen LogP contribution in [0.5, 0.6) is 0 Å². The Morgan fingerprint density at radius 1 is 0.867 bits per heavy atom. The quantitative estimate of drug-likeness (QED) is 0.716.